The third kappa shape index (κ3) is 8.16. The van der Waals surface area contributed by atoms with Gasteiger partial charge in [-0.2, -0.15) is 0 Å². The zero-order valence-corrected chi connectivity index (χ0v) is 18.2. The van der Waals surface area contributed by atoms with Crippen molar-refractivity contribution in [2.75, 3.05) is 32.5 Å². The van der Waals surface area contributed by atoms with Crippen molar-refractivity contribution in [3.05, 3.63) is 30.3 Å². The molecule has 0 heterocycles. The van der Waals surface area contributed by atoms with E-state index in [1.165, 1.54) is 4.90 Å². The molecule has 1 aromatic rings. The minimum Gasteiger partial charge on any atom is -0.416 e. The van der Waals surface area contributed by atoms with Gasteiger partial charge in [0.2, 0.25) is 0 Å². The average molecular weight is 369 g/mol. The van der Waals surface area contributed by atoms with Crippen molar-refractivity contribution in [2.45, 2.75) is 56.3 Å². The van der Waals surface area contributed by atoms with Crippen LogP contribution in [0.25, 0.3) is 0 Å². The molecule has 2 N–H and O–H groups in total. The van der Waals surface area contributed by atoms with Crippen LogP contribution in [0.4, 0.5) is 0 Å². The molecule has 24 heavy (non-hydrogen) atoms. The molecule has 138 valence electrons. The Kier molecular flexibility index (Phi) is 9.02. The van der Waals surface area contributed by atoms with Crippen LogP contribution >= 0.6 is 11.8 Å². The lowest BCUT2D eigenvalue weighted by Crippen LogP contribution is -2.42. The van der Waals surface area contributed by atoms with Crippen LogP contribution in [0.3, 0.4) is 0 Å². The van der Waals surface area contributed by atoms with Crippen LogP contribution in [0.15, 0.2) is 35.2 Å². The molecular formula is C19H36N2OSSi. The van der Waals surface area contributed by atoms with E-state index in [9.17, 15) is 0 Å². The molecule has 1 aromatic carbocycles. The molecular weight excluding hydrogens is 332 g/mol. The molecule has 0 spiro atoms. The molecule has 0 radical (unpaired) electrons. The molecule has 0 saturated carbocycles. The Morgan fingerprint density at radius 2 is 1.79 bits per heavy atom. The molecule has 0 saturated heterocycles. The fourth-order valence-corrected chi connectivity index (χ4v) is 3.93. The van der Waals surface area contributed by atoms with Gasteiger partial charge in [0.1, 0.15) is 0 Å². The smallest absolute Gasteiger partial charge is 0.192 e. The summed E-state index contributed by atoms with van der Waals surface area (Å²) in [4.78, 5) is 3.63. The van der Waals surface area contributed by atoms with Gasteiger partial charge in [0, 0.05) is 29.8 Å². The second kappa shape index (κ2) is 9.97. The molecule has 1 rings (SSSR count). The summed E-state index contributed by atoms with van der Waals surface area (Å²) in [5, 5.41) is 0.280. The highest BCUT2D eigenvalue weighted by atomic mass is 32.2. The summed E-state index contributed by atoms with van der Waals surface area (Å²) in [6.45, 7) is 14.3. The van der Waals surface area contributed by atoms with Gasteiger partial charge in [-0.15, -0.1) is 11.8 Å². The van der Waals surface area contributed by atoms with Crippen LogP contribution in [-0.2, 0) is 4.43 Å². The van der Waals surface area contributed by atoms with E-state index < -0.39 is 8.32 Å². The third-order valence-corrected chi connectivity index (χ3v) is 10.6. The lowest BCUT2D eigenvalue weighted by molar-refractivity contribution is 0.219. The Morgan fingerprint density at radius 1 is 1.17 bits per heavy atom. The van der Waals surface area contributed by atoms with Crippen LogP contribution in [-0.4, -0.2) is 51.8 Å². The Labute approximate surface area is 154 Å². The molecule has 0 aliphatic heterocycles. The zero-order chi connectivity index (χ0) is 18.2. The van der Waals surface area contributed by atoms with E-state index in [1.807, 2.05) is 17.8 Å². The number of rotatable bonds is 10. The van der Waals surface area contributed by atoms with E-state index in [0.29, 0.717) is 0 Å². The number of hydrogen-bond donors (Lipinski definition) is 1. The highest BCUT2D eigenvalue weighted by Gasteiger charge is 2.36. The third-order valence-electron chi connectivity index (χ3n) is 4.83. The average Bonchev–Trinajstić information content (AvgIpc) is 2.50. The Bertz CT molecular complexity index is 462. The highest BCUT2D eigenvalue weighted by molar-refractivity contribution is 7.99. The lowest BCUT2D eigenvalue weighted by atomic mass is 10.2. The summed E-state index contributed by atoms with van der Waals surface area (Å²) >= 11 is 1.84. The van der Waals surface area contributed by atoms with Gasteiger partial charge in [-0.1, -0.05) is 39.0 Å². The van der Waals surface area contributed by atoms with Crippen molar-refractivity contribution in [1.29, 1.82) is 0 Å². The Balaban J connectivity index is 2.18. The maximum absolute atomic E-state index is 6.25. The van der Waals surface area contributed by atoms with Crippen molar-refractivity contribution in [3.63, 3.8) is 0 Å². The van der Waals surface area contributed by atoms with Gasteiger partial charge in [0.15, 0.2) is 8.32 Å². The number of hydrogen-bond acceptors (Lipinski definition) is 4. The first-order chi connectivity index (χ1) is 11.1. The minimum absolute atomic E-state index is 0.235. The van der Waals surface area contributed by atoms with Crippen LogP contribution < -0.4 is 5.73 Å². The predicted octanol–water partition coefficient (Wildman–Crippen LogP) is 4.45. The minimum atomic E-state index is -1.62. The van der Waals surface area contributed by atoms with Crippen molar-refractivity contribution in [1.82, 2.24) is 4.90 Å². The summed E-state index contributed by atoms with van der Waals surface area (Å²) in [5.74, 6) is 0.971. The van der Waals surface area contributed by atoms with Crippen molar-refractivity contribution < 1.29 is 4.43 Å². The van der Waals surface area contributed by atoms with Crippen LogP contribution in [0.1, 0.15) is 27.2 Å². The molecule has 0 bridgehead atoms. The van der Waals surface area contributed by atoms with Crippen molar-refractivity contribution >= 4 is 20.1 Å². The second-order valence-electron chi connectivity index (χ2n) is 8.08. The summed E-state index contributed by atoms with van der Waals surface area (Å²) in [7, 11) is 0.537. The van der Waals surface area contributed by atoms with E-state index in [4.69, 9.17) is 10.2 Å². The molecule has 0 aliphatic rings. The van der Waals surface area contributed by atoms with Gasteiger partial charge < -0.3 is 15.1 Å². The molecule has 0 fully saturated rings. The van der Waals surface area contributed by atoms with Gasteiger partial charge in [-0.3, -0.25) is 0 Å². The van der Waals surface area contributed by atoms with Gasteiger partial charge in [0.25, 0.3) is 0 Å². The van der Waals surface area contributed by atoms with Gasteiger partial charge in [-0.25, -0.2) is 0 Å². The first-order valence-corrected chi connectivity index (χ1v) is 12.8. The number of likely N-dealkylation sites (N-methyl/N-ethyl adjacent to an activating group) is 1. The van der Waals surface area contributed by atoms with Gasteiger partial charge in [-0.05, 0) is 50.3 Å². The lowest BCUT2D eigenvalue weighted by Gasteiger charge is -2.36. The van der Waals surface area contributed by atoms with Crippen LogP contribution in [0.2, 0.25) is 18.1 Å². The summed E-state index contributed by atoms with van der Waals surface area (Å²) in [6.07, 6.45) is 1.02. The largest absolute Gasteiger partial charge is 0.416 e. The maximum Gasteiger partial charge on any atom is 0.192 e. The molecule has 1 atom stereocenters. The Hall–Kier alpha value is -0.333. The molecule has 0 aliphatic carbocycles. The number of nitrogens with zero attached hydrogens (tertiary/aromatic N) is 1. The fraction of sp³-hybridized carbons (Fsp3) is 0.684. The standard InChI is InChI=1S/C19H36N2OSSi/c1-19(2,3)24(5,6)22-15-14-21(4)13-12-17(20)16-23-18-10-8-7-9-11-18/h7-11,17H,12-16,20H2,1-6H3. The quantitative estimate of drug-likeness (QED) is 0.489. The monoisotopic (exact) mass is 368 g/mol. The second-order valence-corrected chi connectivity index (χ2v) is 14.0. The maximum atomic E-state index is 6.25. The molecule has 0 amide bonds. The number of thioether (sulfide) groups is 1. The predicted molar refractivity (Wildman–Crippen MR) is 110 cm³/mol. The van der Waals surface area contributed by atoms with Gasteiger partial charge in [0.05, 0.1) is 0 Å². The van der Waals surface area contributed by atoms with E-state index in [0.717, 1.165) is 31.9 Å². The van der Waals surface area contributed by atoms with E-state index in [-0.39, 0.29) is 11.1 Å². The fourth-order valence-electron chi connectivity index (χ4n) is 1.97. The highest BCUT2D eigenvalue weighted by Crippen LogP contribution is 2.36. The first-order valence-electron chi connectivity index (χ1n) is 8.88. The van der Waals surface area contributed by atoms with Crippen LogP contribution in [0, 0.1) is 0 Å². The zero-order valence-electron chi connectivity index (χ0n) is 16.3. The molecule has 5 heteroatoms. The molecule has 0 aromatic heterocycles. The van der Waals surface area contributed by atoms with E-state index in [2.05, 4.69) is 70.1 Å². The topological polar surface area (TPSA) is 38.5 Å². The van der Waals surface area contributed by atoms with E-state index in [1.54, 1.807) is 0 Å². The van der Waals surface area contributed by atoms with Gasteiger partial charge >= 0.3 is 0 Å². The summed E-state index contributed by atoms with van der Waals surface area (Å²) < 4.78 is 6.24. The van der Waals surface area contributed by atoms with Crippen molar-refractivity contribution in [2.24, 2.45) is 5.73 Å². The molecule has 1 unspecified atom stereocenters. The summed E-state index contributed by atoms with van der Waals surface area (Å²) in [6, 6.07) is 10.7. The number of nitrogens with two attached hydrogens (primary N) is 1. The number of benzene rings is 1. The summed E-state index contributed by atoms with van der Waals surface area (Å²) in [5.41, 5.74) is 6.25. The molecule has 3 nitrogen and oxygen atoms in total. The normalized spacial score (nSPS) is 14.2. The first kappa shape index (κ1) is 21.7. The van der Waals surface area contributed by atoms with E-state index >= 15 is 0 Å². The SMILES string of the molecule is CN(CCO[Si](C)(C)C(C)(C)C)CCC(N)CSc1ccccc1. The van der Waals surface area contributed by atoms with Crippen molar-refractivity contribution in [3.8, 4) is 0 Å². The van der Waals surface area contributed by atoms with Crippen LogP contribution in [0.5, 0.6) is 0 Å². The Morgan fingerprint density at radius 3 is 2.38 bits per heavy atom.